The highest BCUT2D eigenvalue weighted by Crippen LogP contribution is 2.39. The molecule has 1 aromatic heterocycles. The number of benzene rings is 4. The fourth-order valence-electron chi connectivity index (χ4n) is 4.05. The number of rotatable bonds is 5. The first-order valence-corrected chi connectivity index (χ1v) is 11.0. The fourth-order valence-corrected chi connectivity index (χ4v) is 4.05. The molecule has 0 saturated heterocycles. The largest absolute Gasteiger partial charge is 0.456 e. The number of hydrogen-bond donors (Lipinski definition) is 1. The van der Waals surface area contributed by atoms with Crippen molar-refractivity contribution in [3.05, 3.63) is 78.9 Å². The maximum atomic E-state index is 10.3. The molecule has 32 heavy (non-hydrogen) atoms. The van der Waals surface area contributed by atoms with Crippen molar-refractivity contribution in [3.8, 4) is 11.1 Å². The molecule has 3 nitrogen and oxygen atoms in total. The van der Waals surface area contributed by atoms with Crippen LogP contribution < -0.4 is 5.46 Å². The van der Waals surface area contributed by atoms with E-state index in [2.05, 4.69) is 66.7 Å². The zero-order valence-electron chi connectivity index (χ0n) is 19.0. The van der Waals surface area contributed by atoms with Crippen LogP contribution in [0.4, 0.5) is 0 Å². The summed E-state index contributed by atoms with van der Waals surface area (Å²) in [6.07, 6.45) is 0. The number of hydrogen-bond acceptors (Lipinski definition) is 3. The van der Waals surface area contributed by atoms with Gasteiger partial charge in [-0.25, -0.2) is 0 Å². The van der Waals surface area contributed by atoms with E-state index < -0.39 is 11.2 Å². The molecular formula is C28H27BO3. The van der Waals surface area contributed by atoms with Crippen molar-refractivity contribution >= 4 is 45.7 Å². The molecule has 4 heteroatoms. The zero-order chi connectivity index (χ0) is 22.5. The van der Waals surface area contributed by atoms with Crippen LogP contribution >= 0.6 is 0 Å². The van der Waals surface area contributed by atoms with Gasteiger partial charge in [0.2, 0.25) is 0 Å². The fraction of sp³-hybridized carbons (Fsp3) is 0.214. The second-order valence-electron chi connectivity index (χ2n) is 9.50. The molecule has 0 atom stereocenters. The minimum absolute atomic E-state index is 0.445. The van der Waals surface area contributed by atoms with Gasteiger partial charge >= 0.3 is 7.48 Å². The first-order chi connectivity index (χ1) is 15.2. The van der Waals surface area contributed by atoms with Crippen LogP contribution in [-0.4, -0.2) is 23.8 Å². The summed E-state index contributed by atoms with van der Waals surface area (Å²) in [6, 6.07) is 27.3. The van der Waals surface area contributed by atoms with Gasteiger partial charge in [0, 0.05) is 10.8 Å². The monoisotopic (exact) mass is 422 g/mol. The first kappa shape index (κ1) is 20.8. The lowest BCUT2D eigenvalue weighted by atomic mass is 9.82. The van der Waals surface area contributed by atoms with Crippen molar-refractivity contribution in [1.82, 2.24) is 0 Å². The van der Waals surface area contributed by atoms with Gasteiger partial charge in [-0.15, -0.1) is 0 Å². The van der Waals surface area contributed by atoms with E-state index in [0.29, 0.717) is 7.48 Å². The van der Waals surface area contributed by atoms with Gasteiger partial charge in [-0.2, -0.15) is 0 Å². The van der Waals surface area contributed by atoms with Gasteiger partial charge in [-0.3, -0.25) is 0 Å². The van der Waals surface area contributed by atoms with E-state index in [4.69, 9.17) is 9.07 Å². The summed E-state index contributed by atoms with van der Waals surface area (Å²) in [5.74, 6) is 0. The van der Waals surface area contributed by atoms with Crippen molar-refractivity contribution in [2.24, 2.45) is 0 Å². The predicted molar refractivity (Wildman–Crippen MR) is 135 cm³/mol. The van der Waals surface area contributed by atoms with Crippen molar-refractivity contribution < 1.29 is 14.2 Å². The summed E-state index contributed by atoms with van der Waals surface area (Å²) in [6.45, 7) is 7.37. The Kier molecular flexibility index (Phi) is 4.88. The van der Waals surface area contributed by atoms with Gasteiger partial charge in [0.05, 0.1) is 11.2 Å². The lowest BCUT2D eigenvalue weighted by Gasteiger charge is -2.37. The molecule has 5 aromatic rings. The molecule has 0 saturated carbocycles. The highest BCUT2D eigenvalue weighted by atomic mass is 16.5. The van der Waals surface area contributed by atoms with Crippen molar-refractivity contribution in [2.45, 2.75) is 38.9 Å². The second kappa shape index (κ2) is 7.51. The molecule has 1 heterocycles. The average molecular weight is 422 g/mol. The molecule has 1 N–H and O–H groups in total. The highest BCUT2D eigenvalue weighted by Gasteiger charge is 2.35. The van der Waals surface area contributed by atoms with Crippen molar-refractivity contribution in [1.29, 1.82) is 0 Å². The quantitative estimate of drug-likeness (QED) is 0.356. The van der Waals surface area contributed by atoms with E-state index in [1.54, 1.807) is 13.8 Å². The topological polar surface area (TPSA) is 42.6 Å². The standard InChI is InChI=1S/C28H27BO3/c1-27(2,30)28(3,4)32-29-20-15-12-19(13-16-20)22-10-7-11-23-25(22)26-21-9-6-5-8-18(21)14-17-24(26)31-23/h5-17,29-30H,1-4H3. The van der Waals surface area contributed by atoms with Crippen LogP contribution in [0.3, 0.4) is 0 Å². The Morgan fingerprint density at radius 3 is 2.22 bits per heavy atom. The molecule has 0 fully saturated rings. The van der Waals surface area contributed by atoms with Crippen molar-refractivity contribution in [2.75, 3.05) is 0 Å². The van der Waals surface area contributed by atoms with Gasteiger partial charge < -0.3 is 14.2 Å². The van der Waals surface area contributed by atoms with E-state index >= 15 is 0 Å². The molecule has 160 valence electrons. The van der Waals surface area contributed by atoms with Crippen LogP contribution in [0.1, 0.15) is 27.7 Å². The maximum Gasteiger partial charge on any atom is 0.309 e. The molecule has 0 aliphatic heterocycles. The zero-order valence-corrected chi connectivity index (χ0v) is 19.0. The Morgan fingerprint density at radius 1 is 0.750 bits per heavy atom. The molecule has 0 aliphatic carbocycles. The van der Waals surface area contributed by atoms with Gasteiger partial charge in [0.25, 0.3) is 0 Å². The Morgan fingerprint density at radius 2 is 1.47 bits per heavy atom. The Labute approximate surface area is 188 Å². The molecule has 5 rings (SSSR count). The third-order valence-electron chi connectivity index (χ3n) is 6.72. The van der Waals surface area contributed by atoms with E-state index in [1.807, 2.05) is 26.0 Å². The number of furan rings is 1. The lowest BCUT2D eigenvalue weighted by Crippen LogP contribution is -2.49. The van der Waals surface area contributed by atoms with Crippen LogP contribution in [-0.2, 0) is 4.65 Å². The second-order valence-corrected chi connectivity index (χ2v) is 9.50. The molecule has 0 radical (unpaired) electrons. The molecule has 0 unspecified atom stereocenters. The van der Waals surface area contributed by atoms with Gasteiger partial charge in [0.1, 0.15) is 11.2 Å². The summed E-state index contributed by atoms with van der Waals surface area (Å²) in [7, 11) is 0.445. The average Bonchev–Trinajstić information content (AvgIpc) is 3.17. The summed E-state index contributed by atoms with van der Waals surface area (Å²) in [5.41, 5.74) is 3.60. The van der Waals surface area contributed by atoms with Crippen LogP contribution in [0.15, 0.2) is 83.3 Å². The van der Waals surface area contributed by atoms with Crippen molar-refractivity contribution in [3.63, 3.8) is 0 Å². The smallest absolute Gasteiger partial charge is 0.309 e. The Hall–Kier alpha value is -3.08. The summed E-state index contributed by atoms with van der Waals surface area (Å²) < 4.78 is 12.2. The molecule has 0 amide bonds. The van der Waals surface area contributed by atoms with Crippen LogP contribution in [0.2, 0.25) is 0 Å². The molecule has 0 bridgehead atoms. The first-order valence-electron chi connectivity index (χ1n) is 11.0. The molecule has 4 aromatic carbocycles. The van der Waals surface area contributed by atoms with E-state index in [1.165, 1.54) is 10.8 Å². The molecule has 0 aliphatic rings. The molecule has 0 spiro atoms. The maximum absolute atomic E-state index is 10.3. The van der Waals surface area contributed by atoms with E-state index in [0.717, 1.165) is 38.5 Å². The highest BCUT2D eigenvalue weighted by molar-refractivity contribution is 6.47. The Bertz CT molecular complexity index is 1420. The third-order valence-corrected chi connectivity index (χ3v) is 6.72. The Balaban J connectivity index is 1.56. The van der Waals surface area contributed by atoms with E-state index in [9.17, 15) is 5.11 Å². The van der Waals surface area contributed by atoms with Gasteiger partial charge in [0.15, 0.2) is 0 Å². The van der Waals surface area contributed by atoms with Crippen LogP contribution in [0.5, 0.6) is 0 Å². The number of fused-ring (bicyclic) bond motifs is 5. The van der Waals surface area contributed by atoms with E-state index in [-0.39, 0.29) is 0 Å². The molecular weight excluding hydrogens is 395 g/mol. The third kappa shape index (κ3) is 3.50. The van der Waals surface area contributed by atoms with Gasteiger partial charge in [-0.1, -0.05) is 72.2 Å². The predicted octanol–water partition coefficient (Wildman–Crippen LogP) is 5.95. The summed E-state index contributed by atoms with van der Waals surface area (Å²) in [5, 5.41) is 15.0. The number of aliphatic hydroxyl groups is 1. The normalized spacial score (nSPS) is 12.7. The minimum Gasteiger partial charge on any atom is -0.456 e. The van der Waals surface area contributed by atoms with Gasteiger partial charge in [-0.05, 0) is 61.7 Å². The summed E-state index contributed by atoms with van der Waals surface area (Å²) in [4.78, 5) is 0. The SMILES string of the molecule is CC(C)(O)C(C)(C)OBc1ccc(-c2cccc3oc4ccc5ccccc5c4c23)cc1. The minimum atomic E-state index is -0.923. The lowest BCUT2D eigenvalue weighted by molar-refractivity contribution is -0.0893. The van der Waals surface area contributed by atoms with Crippen LogP contribution in [0.25, 0.3) is 43.8 Å². The van der Waals surface area contributed by atoms with Crippen LogP contribution in [0, 0.1) is 0 Å². The summed E-state index contributed by atoms with van der Waals surface area (Å²) >= 11 is 0.